The Hall–Kier alpha value is -2.43. The molecular formula is C45H92N2O3. The zero-order chi connectivity index (χ0) is 41.1. The van der Waals surface area contributed by atoms with Gasteiger partial charge in [0.1, 0.15) is 12.1 Å². The second kappa shape index (κ2) is 50.9. The van der Waals surface area contributed by atoms with E-state index in [2.05, 4.69) is 126 Å². The minimum atomic E-state index is -0.173. The molecule has 300 valence electrons. The van der Waals surface area contributed by atoms with E-state index in [-0.39, 0.29) is 24.8 Å². The average molecular weight is 709 g/mol. The van der Waals surface area contributed by atoms with E-state index in [1.54, 1.807) is 0 Å². The van der Waals surface area contributed by atoms with E-state index in [1.165, 1.54) is 51.5 Å². The predicted octanol–water partition coefficient (Wildman–Crippen LogP) is 13.3. The Morgan fingerprint density at radius 3 is 1.44 bits per heavy atom. The van der Waals surface area contributed by atoms with Crippen LogP contribution in [0.3, 0.4) is 0 Å². The van der Waals surface area contributed by atoms with Gasteiger partial charge in [-0.3, -0.25) is 9.59 Å². The molecule has 3 atom stereocenters. The number of hydrogen-bond donors (Lipinski definition) is 2. The van der Waals surface area contributed by atoms with Crippen molar-refractivity contribution in [1.82, 2.24) is 10.6 Å². The second-order valence-corrected chi connectivity index (χ2v) is 14.1. The van der Waals surface area contributed by atoms with Crippen LogP contribution >= 0.6 is 0 Å². The first-order valence-corrected chi connectivity index (χ1v) is 19.9. The summed E-state index contributed by atoms with van der Waals surface area (Å²) in [7, 11) is 0. The fraction of sp³-hybridized carbons (Fsp3) is 0.756. The van der Waals surface area contributed by atoms with Gasteiger partial charge in [-0.05, 0) is 62.7 Å². The lowest BCUT2D eigenvalue weighted by Gasteiger charge is -2.17. The SMILES string of the molecule is C=C(NCC(=O)NCC(C)=O)[C@@H](C)CCCC(C)CC.CC.CC.CC(C)C.CC(C)C.CC=O.CCCC(C)C(C)C.Cc1ccccc1. The smallest absolute Gasteiger partial charge is 0.239 e. The number of allylic oxidation sites excluding steroid dienone is 1. The van der Waals surface area contributed by atoms with Crippen molar-refractivity contribution in [2.75, 3.05) is 13.1 Å². The molecular weight excluding hydrogens is 617 g/mol. The Morgan fingerprint density at radius 2 is 1.16 bits per heavy atom. The van der Waals surface area contributed by atoms with Crippen LogP contribution in [0.1, 0.15) is 176 Å². The first-order chi connectivity index (χ1) is 23.3. The summed E-state index contributed by atoms with van der Waals surface area (Å²) in [5.74, 6) is 4.37. The van der Waals surface area contributed by atoms with Crippen LogP contribution in [0.2, 0.25) is 0 Å². The molecule has 1 amide bonds. The molecule has 0 bridgehead atoms. The fourth-order valence-corrected chi connectivity index (χ4v) is 3.13. The monoisotopic (exact) mass is 709 g/mol. The van der Waals surface area contributed by atoms with Gasteiger partial charge in [0.15, 0.2) is 0 Å². The van der Waals surface area contributed by atoms with E-state index in [4.69, 9.17) is 4.79 Å². The minimum absolute atomic E-state index is 0.0458. The highest BCUT2D eigenvalue weighted by Crippen LogP contribution is 2.18. The molecule has 0 fully saturated rings. The van der Waals surface area contributed by atoms with Gasteiger partial charge >= 0.3 is 0 Å². The largest absolute Gasteiger partial charge is 0.380 e. The van der Waals surface area contributed by atoms with Crippen LogP contribution in [0, 0.1) is 42.4 Å². The van der Waals surface area contributed by atoms with Crippen molar-refractivity contribution >= 4 is 18.0 Å². The number of nitrogens with one attached hydrogen (secondary N) is 2. The van der Waals surface area contributed by atoms with Crippen LogP contribution in [0.15, 0.2) is 42.6 Å². The summed E-state index contributed by atoms with van der Waals surface area (Å²) in [6.07, 6.45) is 8.22. The number of benzene rings is 1. The highest BCUT2D eigenvalue weighted by atomic mass is 16.2. The molecule has 1 aromatic carbocycles. The Kier molecular flexibility index (Phi) is 63.9. The van der Waals surface area contributed by atoms with E-state index >= 15 is 0 Å². The van der Waals surface area contributed by atoms with Gasteiger partial charge in [-0.15, -0.1) is 0 Å². The molecule has 1 rings (SSSR count). The highest BCUT2D eigenvalue weighted by molar-refractivity contribution is 5.85. The molecule has 5 heteroatoms. The van der Waals surface area contributed by atoms with Crippen molar-refractivity contribution in [3.05, 3.63) is 48.2 Å². The minimum Gasteiger partial charge on any atom is -0.380 e. The summed E-state index contributed by atoms with van der Waals surface area (Å²) in [5.41, 5.74) is 2.22. The summed E-state index contributed by atoms with van der Waals surface area (Å²) in [6, 6.07) is 10.3. The predicted molar refractivity (Wildman–Crippen MR) is 229 cm³/mol. The number of ketones is 1. The summed E-state index contributed by atoms with van der Waals surface area (Å²) in [6.45, 7) is 46.0. The number of aryl methyl sites for hydroxylation is 1. The third-order valence-corrected chi connectivity index (χ3v) is 6.46. The van der Waals surface area contributed by atoms with Crippen LogP contribution in [0.4, 0.5) is 0 Å². The van der Waals surface area contributed by atoms with Gasteiger partial charge in [0.05, 0.1) is 13.1 Å². The van der Waals surface area contributed by atoms with Gasteiger partial charge in [-0.2, -0.15) is 0 Å². The van der Waals surface area contributed by atoms with E-state index in [9.17, 15) is 9.59 Å². The standard InChI is InChI=1S/C16H30N2O2.C8H18.C7H8.2C4H10.C2H4O.2C2H6/c1-6-12(2)8-7-9-13(3)15(5)17-11-16(20)18-10-14(4)19;1-5-6-8(4)7(2)3;1-7-5-3-2-4-6-7;2*1-4(2)3;1-2-3;2*1-2/h12-13,17H,5-11H2,1-4H3,(H,18,20);7-8H,5-6H2,1-4H3;2-6H,1H3;2*4H,1-3H3;2H,1H3;2*1-2H3/t12?,13-;;;;;;;/m0......./s1. The number of aldehydes is 1. The lowest BCUT2D eigenvalue weighted by molar-refractivity contribution is -0.123. The number of Topliss-reactive ketones (excluding diaryl/α,β-unsaturated/α-hetero) is 1. The highest BCUT2D eigenvalue weighted by Gasteiger charge is 2.09. The molecule has 50 heavy (non-hydrogen) atoms. The normalized spacial score (nSPS) is 10.9. The number of hydrogen-bond acceptors (Lipinski definition) is 4. The van der Waals surface area contributed by atoms with Crippen molar-refractivity contribution in [2.45, 2.75) is 177 Å². The molecule has 0 aliphatic heterocycles. The van der Waals surface area contributed by atoms with Crippen LogP contribution in [0.5, 0.6) is 0 Å². The van der Waals surface area contributed by atoms with E-state index in [1.807, 2.05) is 45.9 Å². The number of rotatable bonds is 14. The lowest BCUT2D eigenvalue weighted by Crippen LogP contribution is -2.36. The molecule has 0 aliphatic carbocycles. The van der Waals surface area contributed by atoms with Gasteiger partial charge in [0.25, 0.3) is 0 Å². The zero-order valence-electron chi connectivity index (χ0n) is 37.5. The lowest BCUT2D eigenvalue weighted by atomic mass is 9.94. The Balaban J connectivity index is -0.000000101. The Labute approximate surface area is 316 Å². The van der Waals surface area contributed by atoms with Gasteiger partial charge < -0.3 is 15.4 Å². The van der Waals surface area contributed by atoms with Gasteiger partial charge in [0.2, 0.25) is 5.91 Å². The van der Waals surface area contributed by atoms with Crippen LogP contribution in [-0.4, -0.2) is 31.1 Å². The van der Waals surface area contributed by atoms with E-state index in [0.717, 1.165) is 48.0 Å². The molecule has 2 unspecified atom stereocenters. The van der Waals surface area contributed by atoms with E-state index in [0.29, 0.717) is 5.92 Å². The topological polar surface area (TPSA) is 75.3 Å². The molecule has 0 saturated carbocycles. The number of carbonyl (C=O) groups excluding carboxylic acids is 3. The summed E-state index contributed by atoms with van der Waals surface area (Å²) < 4.78 is 0. The number of amides is 1. The van der Waals surface area contributed by atoms with Gasteiger partial charge in [0, 0.05) is 5.70 Å². The average Bonchev–Trinajstić information content (AvgIpc) is 3.05. The van der Waals surface area contributed by atoms with Crippen molar-refractivity contribution in [3.63, 3.8) is 0 Å². The van der Waals surface area contributed by atoms with Crippen LogP contribution in [0.25, 0.3) is 0 Å². The van der Waals surface area contributed by atoms with Gasteiger partial charge in [-0.1, -0.05) is 192 Å². The van der Waals surface area contributed by atoms with Crippen molar-refractivity contribution in [1.29, 1.82) is 0 Å². The Bertz CT molecular complexity index is 792. The molecule has 1 aromatic rings. The van der Waals surface area contributed by atoms with Crippen molar-refractivity contribution in [2.24, 2.45) is 35.5 Å². The molecule has 0 spiro atoms. The van der Waals surface area contributed by atoms with Gasteiger partial charge in [-0.25, -0.2) is 0 Å². The van der Waals surface area contributed by atoms with Crippen LogP contribution in [-0.2, 0) is 14.4 Å². The molecule has 0 heterocycles. The first-order valence-electron chi connectivity index (χ1n) is 19.9. The molecule has 0 aliphatic rings. The molecule has 0 radical (unpaired) electrons. The molecule has 0 aromatic heterocycles. The van der Waals surface area contributed by atoms with E-state index < -0.39 is 0 Å². The summed E-state index contributed by atoms with van der Waals surface area (Å²) in [4.78, 5) is 31.0. The van der Waals surface area contributed by atoms with Crippen molar-refractivity contribution in [3.8, 4) is 0 Å². The Morgan fingerprint density at radius 1 is 0.740 bits per heavy atom. The third kappa shape index (κ3) is 75.7. The van der Waals surface area contributed by atoms with Crippen LogP contribution < -0.4 is 10.6 Å². The number of carbonyl (C=O) groups is 3. The zero-order valence-corrected chi connectivity index (χ0v) is 37.5. The maximum atomic E-state index is 11.4. The quantitative estimate of drug-likeness (QED) is 0.189. The second-order valence-electron chi connectivity index (χ2n) is 14.1. The molecule has 2 N–H and O–H groups in total. The summed E-state index contributed by atoms with van der Waals surface area (Å²) >= 11 is 0. The summed E-state index contributed by atoms with van der Waals surface area (Å²) in [5, 5.41) is 5.59. The molecule has 5 nitrogen and oxygen atoms in total. The maximum Gasteiger partial charge on any atom is 0.239 e. The third-order valence-electron chi connectivity index (χ3n) is 6.46. The fourth-order valence-electron chi connectivity index (χ4n) is 3.13. The van der Waals surface area contributed by atoms with Crippen molar-refractivity contribution < 1.29 is 14.4 Å². The molecule has 0 saturated heterocycles. The maximum absolute atomic E-state index is 11.4. The first kappa shape index (κ1) is 62.7.